The molecule has 0 unspecified atom stereocenters. The Morgan fingerprint density at radius 1 is 1.12 bits per heavy atom. The molecule has 2 heterocycles. The van der Waals surface area contributed by atoms with Crippen LogP contribution in [-0.2, 0) is 22.9 Å². The first-order valence-corrected chi connectivity index (χ1v) is 12.2. The maximum absolute atomic E-state index is 13.4. The van der Waals surface area contributed by atoms with E-state index < -0.39 is 28.0 Å². The van der Waals surface area contributed by atoms with Crippen molar-refractivity contribution in [1.82, 2.24) is 14.7 Å². The number of sulfone groups is 1. The van der Waals surface area contributed by atoms with E-state index in [-0.39, 0.29) is 29.3 Å². The maximum atomic E-state index is 13.4. The van der Waals surface area contributed by atoms with Gasteiger partial charge in [0.15, 0.2) is 15.9 Å². The summed E-state index contributed by atoms with van der Waals surface area (Å²) in [4.78, 5) is 14.6. The third kappa shape index (κ3) is 4.79. The number of hydrogen-bond donors (Lipinski definition) is 0. The largest absolute Gasteiger partial charge is 0.480 e. The number of benzene rings is 2. The van der Waals surface area contributed by atoms with Gasteiger partial charge >= 0.3 is 6.18 Å². The first kappa shape index (κ1) is 23.8. The molecule has 0 fully saturated rings. The minimum Gasteiger partial charge on any atom is -0.480 e. The maximum Gasteiger partial charge on any atom is 0.425 e. The lowest BCUT2D eigenvalue weighted by atomic mass is 10.1. The predicted octanol–water partition coefficient (Wildman–Crippen LogP) is 4.07. The van der Waals surface area contributed by atoms with E-state index in [9.17, 15) is 26.4 Å². The number of amides is 1. The standard InChI is InChI=1S/C23H22F3N3O4S/c1-14-10-27-29(11-14)18-5-4-16-12-28(13-17(16)8-18)22(30)20-9-19(34(3,31)32)6-7-21(20)33-15(2)23(24,25)26/h4-11,15H,12-13H2,1-3H3/t15-/m0/s1. The topological polar surface area (TPSA) is 81.5 Å². The highest BCUT2D eigenvalue weighted by Gasteiger charge is 2.39. The molecule has 34 heavy (non-hydrogen) atoms. The lowest BCUT2D eigenvalue weighted by molar-refractivity contribution is -0.189. The number of carbonyl (C=O) groups is 1. The van der Waals surface area contributed by atoms with Gasteiger partial charge < -0.3 is 9.64 Å². The Morgan fingerprint density at radius 3 is 2.44 bits per heavy atom. The Labute approximate surface area is 194 Å². The van der Waals surface area contributed by atoms with Crippen molar-refractivity contribution >= 4 is 15.7 Å². The first-order chi connectivity index (χ1) is 15.8. The average molecular weight is 494 g/mol. The lowest BCUT2D eigenvalue weighted by Gasteiger charge is -2.22. The van der Waals surface area contributed by atoms with Gasteiger partial charge in [0, 0.05) is 25.5 Å². The summed E-state index contributed by atoms with van der Waals surface area (Å²) < 4.78 is 70.0. The second kappa shape index (κ2) is 8.46. The second-order valence-corrected chi connectivity index (χ2v) is 10.3. The van der Waals surface area contributed by atoms with Gasteiger partial charge in [0.25, 0.3) is 5.91 Å². The Bertz CT molecular complexity index is 1370. The van der Waals surface area contributed by atoms with E-state index in [4.69, 9.17) is 4.74 Å². The number of aryl methyl sites for hydroxylation is 1. The molecule has 0 aliphatic carbocycles. The van der Waals surface area contributed by atoms with Crippen molar-refractivity contribution < 1.29 is 31.1 Å². The van der Waals surface area contributed by atoms with E-state index in [1.165, 1.54) is 4.90 Å². The summed E-state index contributed by atoms with van der Waals surface area (Å²) in [6.45, 7) is 3.17. The van der Waals surface area contributed by atoms with Crippen LogP contribution in [0.3, 0.4) is 0 Å². The van der Waals surface area contributed by atoms with E-state index in [1.54, 1.807) is 10.9 Å². The molecule has 1 aliphatic heterocycles. The van der Waals surface area contributed by atoms with Crippen molar-refractivity contribution in [3.05, 3.63) is 71.0 Å². The lowest BCUT2D eigenvalue weighted by Crippen LogP contribution is -2.32. The minimum atomic E-state index is -4.65. The van der Waals surface area contributed by atoms with Gasteiger partial charge in [0.05, 0.1) is 22.3 Å². The molecule has 1 amide bonds. The van der Waals surface area contributed by atoms with Crippen LogP contribution in [0.1, 0.15) is 34.0 Å². The molecule has 7 nitrogen and oxygen atoms in total. The molecule has 0 saturated heterocycles. The molecule has 4 rings (SSSR count). The summed E-state index contributed by atoms with van der Waals surface area (Å²) in [6.07, 6.45) is -2.29. The summed E-state index contributed by atoms with van der Waals surface area (Å²) >= 11 is 0. The van der Waals surface area contributed by atoms with Gasteiger partial charge in [0.2, 0.25) is 0 Å². The van der Waals surface area contributed by atoms with Gasteiger partial charge in [-0.2, -0.15) is 18.3 Å². The number of hydrogen-bond acceptors (Lipinski definition) is 5. The smallest absolute Gasteiger partial charge is 0.425 e. The van der Waals surface area contributed by atoms with Gasteiger partial charge in [-0.15, -0.1) is 0 Å². The highest BCUT2D eigenvalue weighted by molar-refractivity contribution is 7.90. The average Bonchev–Trinajstić information content (AvgIpc) is 3.37. The quantitative estimate of drug-likeness (QED) is 0.535. The van der Waals surface area contributed by atoms with Crippen molar-refractivity contribution in [3.63, 3.8) is 0 Å². The van der Waals surface area contributed by atoms with Crippen LogP contribution in [0.5, 0.6) is 5.75 Å². The van der Waals surface area contributed by atoms with Gasteiger partial charge in [-0.25, -0.2) is 13.1 Å². The fourth-order valence-electron chi connectivity index (χ4n) is 3.66. The number of fused-ring (bicyclic) bond motifs is 1. The molecule has 1 aliphatic rings. The SMILES string of the molecule is Cc1cnn(-c2ccc3c(c2)CN(C(=O)c2cc(S(C)(=O)=O)ccc2O[C@@H](C)C(F)(F)F)C3)c1. The van der Waals surface area contributed by atoms with Crippen molar-refractivity contribution in [3.8, 4) is 11.4 Å². The van der Waals surface area contributed by atoms with E-state index in [0.717, 1.165) is 53.8 Å². The van der Waals surface area contributed by atoms with Crippen LogP contribution in [0.25, 0.3) is 5.69 Å². The Hall–Kier alpha value is -3.34. The number of aromatic nitrogens is 2. The summed E-state index contributed by atoms with van der Waals surface area (Å²) in [5, 5.41) is 4.28. The normalized spacial score (nSPS) is 14.7. The van der Waals surface area contributed by atoms with Crippen LogP contribution in [0.4, 0.5) is 13.2 Å². The van der Waals surface area contributed by atoms with E-state index in [2.05, 4.69) is 5.10 Å². The highest BCUT2D eigenvalue weighted by atomic mass is 32.2. The Kier molecular flexibility index (Phi) is 5.92. The highest BCUT2D eigenvalue weighted by Crippen LogP contribution is 2.32. The molecule has 3 aromatic rings. The van der Waals surface area contributed by atoms with Crippen molar-refractivity contribution in [2.75, 3.05) is 6.26 Å². The van der Waals surface area contributed by atoms with E-state index in [0.29, 0.717) is 0 Å². The zero-order chi connectivity index (χ0) is 24.8. The minimum absolute atomic E-state index is 0.184. The number of rotatable bonds is 5. The molecule has 0 saturated carbocycles. The molecule has 0 bridgehead atoms. The third-order valence-corrected chi connectivity index (χ3v) is 6.66. The number of nitrogens with zero attached hydrogens (tertiary/aromatic N) is 3. The van der Waals surface area contributed by atoms with Gasteiger partial charge in [-0.3, -0.25) is 4.79 Å². The van der Waals surface area contributed by atoms with E-state index in [1.807, 2.05) is 31.3 Å². The number of carbonyl (C=O) groups excluding carboxylic acids is 1. The molecular weight excluding hydrogens is 471 g/mol. The summed E-state index contributed by atoms with van der Waals surface area (Å²) in [7, 11) is -3.70. The predicted molar refractivity (Wildman–Crippen MR) is 118 cm³/mol. The Morgan fingerprint density at radius 2 is 1.82 bits per heavy atom. The summed E-state index contributed by atoms with van der Waals surface area (Å²) in [6, 6.07) is 8.91. The van der Waals surface area contributed by atoms with Crippen LogP contribution in [0.15, 0.2) is 53.7 Å². The van der Waals surface area contributed by atoms with Crippen molar-refractivity contribution in [2.45, 2.75) is 44.1 Å². The fraction of sp³-hybridized carbons (Fsp3) is 0.304. The molecule has 1 atom stereocenters. The monoisotopic (exact) mass is 493 g/mol. The third-order valence-electron chi connectivity index (χ3n) is 5.55. The molecule has 0 radical (unpaired) electrons. The molecule has 2 aromatic carbocycles. The molecule has 1 aromatic heterocycles. The van der Waals surface area contributed by atoms with Crippen LogP contribution in [0, 0.1) is 6.92 Å². The molecule has 0 spiro atoms. The summed E-state index contributed by atoms with van der Waals surface area (Å²) in [5.41, 5.74) is 3.30. The van der Waals surface area contributed by atoms with Crippen molar-refractivity contribution in [2.24, 2.45) is 0 Å². The Balaban J connectivity index is 1.65. The molecule has 180 valence electrons. The van der Waals surface area contributed by atoms with Crippen molar-refractivity contribution in [1.29, 1.82) is 0 Å². The van der Waals surface area contributed by atoms with Gasteiger partial charge in [-0.1, -0.05) is 6.07 Å². The number of alkyl halides is 3. The van der Waals surface area contributed by atoms with Gasteiger partial charge in [0.1, 0.15) is 5.75 Å². The van der Waals surface area contributed by atoms with Crippen LogP contribution in [0.2, 0.25) is 0 Å². The molecule has 0 N–H and O–H groups in total. The van der Waals surface area contributed by atoms with Crippen LogP contribution >= 0.6 is 0 Å². The first-order valence-electron chi connectivity index (χ1n) is 10.3. The summed E-state index contributed by atoms with van der Waals surface area (Å²) in [5.74, 6) is -0.951. The zero-order valence-corrected chi connectivity index (χ0v) is 19.4. The number of ether oxygens (including phenoxy) is 1. The zero-order valence-electron chi connectivity index (χ0n) is 18.6. The number of halogens is 3. The van der Waals surface area contributed by atoms with E-state index >= 15 is 0 Å². The molecule has 11 heteroatoms. The van der Waals surface area contributed by atoms with Crippen LogP contribution < -0.4 is 4.74 Å². The molecular formula is C23H22F3N3O4S. The van der Waals surface area contributed by atoms with Gasteiger partial charge in [-0.05, 0) is 60.9 Å². The second-order valence-electron chi connectivity index (χ2n) is 8.31. The van der Waals surface area contributed by atoms with Crippen LogP contribution in [-0.4, -0.2) is 47.5 Å². The fourth-order valence-corrected chi connectivity index (χ4v) is 4.31.